The van der Waals surface area contributed by atoms with Gasteiger partial charge < -0.3 is 11.5 Å². The number of nitrogen functional groups attached to an aromatic ring is 1. The summed E-state index contributed by atoms with van der Waals surface area (Å²) < 4.78 is 0. The Morgan fingerprint density at radius 1 is 1.56 bits per heavy atom. The zero-order valence-corrected chi connectivity index (χ0v) is 9.31. The van der Waals surface area contributed by atoms with Gasteiger partial charge in [0.05, 0.1) is 0 Å². The van der Waals surface area contributed by atoms with E-state index in [0.717, 1.165) is 0 Å². The van der Waals surface area contributed by atoms with Crippen molar-refractivity contribution in [2.45, 2.75) is 6.42 Å². The van der Waals surface area contributed by atoms with Gasteiger partial charge in [-0.15, -0.1) is 0 Å². The van der Waals surface area contributed by atoms with Crippen LogP contribution in [0.15, 0.2) is 6.33 Å². The average Bonchev–Trinajstić information content (AvgIpc) is 2.64. The highest BCUT2D eigenvalue weighted by molar-refractivity contribution is 6.32. The first-order chi connectivity index (χ1) is 7.63. The number of amides is 1. The van der Waals surface area contributed by atoms with Crippen LogP contribution in [-0.4, -0.2) is 29.0 Å². The predicted molar refractivity (Wildman–Crippen MR) is 61.0 cm³/mol. The van der Waals surface area contributed by atoms with E-state index < -0.39 is 0 Å². The van der Waals surface area contributed by atoms with Gasteiger partial charge in [0.1, 0.15) is 12.0 Å². The summed E-state index contributed by atoms with van der Waals surface area (Å²) in [5.74, 6) is 0.499. The smallest absolute Gasteiger partial charge is 0.228 e. The quantitative estimate of drug-likeness (QED) is 0.712. The first-order valence-corrected chi connectivity index (χ1v) is 5.27. The lowest BCUT2D eigenvalue weighted by Gasteiger charge is -2.17. The van der Waals surface area contributed by atoms with Crippen LogP contribution >= 0.6 is 11.6 Å². The number of anilines is 2. The normalized spacial score (nSPS) is 20.5. The minimum absolute atomic E-state index is 0.0306. The fourth-order valence-electron chi connectivity index (χ4n) is 1.72. The number of hydrogen-bond donors (Lipinski definition) is 2. The van der Waals surface area contributed by atoms with Crippen LogP contribution in [0.4, 0.5) is 11.5 Å². The summed E-state index contributed by atoms with van der Waals surface area (Å²) in [7, 11) is 0. The standard InChI is InChI=1S/C9H12ClN5O/c10-8-7(12)9(14-4-13-8)15-3-5(2-11)1-6(15)16/h4-5H,1-3,11-12H2. The summed E-state index contributed by atoms with van der Waals surface area (Å²) in [6.45, 7) is 1.01. The monoisotopic (exact) mass is 241 g/mol. The molecule has 0 saturated carbocycles. The van der Waals surface area contributed by atoms with Crippen LogP contribution in [0.3, 0.4) is 0 Å². The van der Waals surface area contributed by atoms with E-state index in [1.807, 2.05) is 0 Å². The molecule has 0 aliphatic carbocycles. The molecular formula is C9H12ClN5O. The van der Waals surface area contributed by atoms with Crippen molar-refractivity contribution in [3.05, 3.63) is 11.5 Å². The highest BCUT2D eigenvalue weighted by Gasteiger charge is 2.32. The van der Waals surface area contributed by atoms with Crippen LogP contribution in [-0.2, 0) is 4.79 Å². The van der Waals surface area contributed by atoms with Gasteiger partial charge in [-0.2, -0.15) is 0 Å². The van der Waals surface area contributed by atoms with Gasteiger partial charge in [0.2, 0.25) is 5.91 Å². The molecule has 2 rings (SSSR count). The third-order valence-corrected chi connectivity index (χ3v) is 2.91. The van der Waals surface area contributed by atoms with Crippen molar-refractivity contribution < 1.29 is 4.79 Å². The number of rotatable bonds is 2. The Hall–Kier alpha value is -1.40. The molecule has 1 aromatic heterocycles. The molecular weight excluding hydrogens is 230 g/mol. The largest absolute Gasteiger partial charge is 0.393 e. The second kappa shape index (κ2) is 4.23. The SMILES string of the molecule is NCC1CC(=O)N(c2ncnc(Cl)c2N)C1. The fourth-order valence-corrected chi connectivity index (χ4v) is 1.85. The van der Waals surface area contributed by atoms with Crippen molar-refractivity contribution >= 4 is 29.0 Å². The fraction of sp³-hybridized carbons (Fsp3) is 0.444. The van der Waals surface area contributed by atoms with Crippen LogP contribution in [0.5, 0.6) is 0 Å². The number of aromatic nitrogens is 2. The molecule has 1 amide bonds. The molecule has 6 nitrogen and oxygen atoms in total. The van der Waals surface area contributed by atoms with Gasteiger partial charge >= 0.3 is 0 Å². The molecule has 1 saturated heterocycles. The molecule has 1 aromatic rings. The summed E-state index contributed by atoms with van der Waals surface area (Å²) in [4.78, 5) is 21.0. The maximum Gasteiger partial charge on any atom is 0.228 e. The molecule has 1 aliphatic heterocycles. The Balaban J connectivity index is 2.31. The van der Waals surface area contributed by atoms with E-state index in [2.05, 4.69) is 9.97 Å². The summed E-state index contributed by atoms with van der Waals surface area (Å²) in [5, 5.41) is 0.161. The van der Waals surface area contributed by atoms with Gasteiger partial charge in [-0.05, 0) is 12.5 Å². The van der Waals surface area contributed by atoms with E-state index in [1.165, 1.54) is 11.2 Å². The Morgan fingerprint density at radius 3 is 2.94 bits per heavy atom. The van der Waals surface area contributed by atoms with Crippen LogP contribution < -0.4 is 16.4 Å². The zero-order chi connectivity index (χ0) is 11.7. The van der Waals surface area contributed by atoms with E-state index in [0.29, 0.717) is 25.3 Å². The molecule has 16 heavy (non-hydrogen) atoms. The molecule has 1 unspecified atom stereocenters. The van der Waals surface area contributed by atoms with Gasteiger partial charge in [0.15, 0.2) is 11.0 Å². The van der Waals surface area contributed by atoms with E-state index >= 15 is 0 Å². The number of nitrogens with zero attached hydrogens (tertiary/aromatic N) is 3. The second-order valence-electron chi connectivity index (χ2n) is 3.71. The molecule has 0 spiro atoms. The molecule has 0 radical (unpaired) electrons. The van der Waals surface area contributed by atoms with E-state index in [1.54, 1.807) is 0 Å². The summed E-state index contributed by atoms with van der Waals surface area (Å²) in [6.07, 6.45) is 1.72. The number of carbonyl (C=O) groups excluding carboxylic acids is 1. The minimum Gasteiger partial charge on any atom is -0.393 e. The molecule has 1 fully saturated rings. The first-order valence-electron chi connectivity index (χ1n) is 4.90. The maximum absolute atomic E-state index is 11.7. The third-order valence-electron chi connectivity index (χ3n) is 2.61. The van der Waals surface area contributed by atoms with E-state index in [4.69, 9.17) is 23.1 Å². The van der Waals surface area contributed by atoms with Crippen molar-refractivity contribution in [3.8, 4) is 0 Å². The molecule has 2 heterocycles. The lowest BCUT2D eigenvalue weighted by Crippen LogP contribution is -2.27. The Kier molecular flexibility index (Phi) is 2.93. The summed E-state index contributed by atoms with van der Waals surface area (Å²) in [5.41, 5.74) is 11.5. The molecule has 1 atom stereocenters. The second-order valence-corrected chi connectivity index (χ2v) is 4.07. The predicted octanol–water partition coefficient (Wildman–Crippen LogP) is 0.0238. The number of carbonyl (C=O) groups is 1. The summed E-state index contributed by atoms with van der Waals surface area (Å²) >= 11 is 5.77. The van der Waals surface area contributed by atoms with E-state index in [-0.39, 0.29) is 22.7 Å². The van der Waals surface area contributed by atoms with Crippen LogP contribution in [0.25, 0.3) is 0 Å². The lowest BCUT2D eigenvalue weighted by molar-refractivity contribution is -0.117. The highest BCUT2D eigenvalue weighted by atomic mass is 35.5. The van der Waals surface area contributed by atoms with Crippen molar-refractivity contribution in [1.82, 2.24) is 9.97 Å². The van der Waals surface area contributed by atoms with Crippen molar-refractivity contribution in [3.63, 3.8) is 0 Å². The topological polar surface area (TPSA) is 98.1 Å². The van der Waals surface area contributed by atoms with Gasteiger partial charge in [-0.1, -0.05) is 11.6 Å². The van der Waals surface area contributed by atoms with Gasteiger partial charge in [-0.25, -0.2) is 9.97 Å². The van der Waals surface area contributed by atoms with Gasteiger partial charge in [0.25, 0.3) is 0 Å². The summed E-state index contributed by atoms with van der Waals surface area (Å²) in [6, 6.07) is 0. The molecule has 0 aromatic carbocycles. The maximum atomic E-state index is 11.7. The molecule has 4 N–H and O–H groups in total. The van der Waals surface area contributed by atoms with Crippen molar-refractivity contribution in [2.75, 3.05) is 23.7 Å². The minimum atomic E-state index is -0.0306. The van der Waals surface area contributed by atoms with Crippen LogP contribution in [0.1, 0.15) is 6.42 Å². The first kappa shape index (κ1) is 11.1. The zero-order valence-electron chi connectivity index (χ0n) is 8.56. The van der Waals surface area contributed by atoms with Crippen molar-refractivity contribution in [2.24, 2.45) is 11.7 Å². The molecule has 0 bridgehead atoms. The Labute approximate surface area is 97.6 Å². The number of nitrogens with two attached hydrogens (primary N) is 2. The molecule has 86 valence electrons. The average molecular weight is 242 g/mol. The Morgan fingerprint density at radius 2 is 2.31 bits per heavy atom. The van der Waals surface area contributed by atoms with Crippen LogP contribution in [0, 0.1) is 5.92 Å². The van der Waals surface area contributed by atoms with E-state index in [9.17, 15) is 4.79 Å². The molecule has 7 heteroatoms. The van der Waals surface area contributed by atoms with Crippen molar-refractivity contribution in [1.29, 1.82) is 0 Å². The van der Waals surface area contributed by atoms with Crippen LogP contribution in [0.2, 0.25) is 5.15 Å². The molecule has 1 aliphatic rings. The Bertz CT molecular complexity index is 424. The van der Waals surface area contributed by atoms with Gasteiger partial charge in [0, 0.05) is 13.0 Å². The lowest BCUT2D eigenvalue weighted by atomic mass is 10.1. The van der Waals surface area contributed by atoms with Gasteiger partial charge in [-0.3, -0.25) is 9.69 Å². The highest BCUT2D eigenvalue weighted by Crippen LogP contribution is 2.30. The third kappa shape index (κ3) is 1.81. The number of halogens is 1. The number of hydrogen-bond acceptors (Lipinski definition) is 5.